The molecule has 0 spiro atoms. The van der Waals surface area contributed by atoms with Crippen LogP contribution in [0.25, 0.3) is 33.3 Å². The van der Waals surface area contributed by atoms with Crippen LogP contribution >= 0.6 is 0 Å². The van der Waals surface area contributed by atoms with Crippen LogP contribution in [0.15, 0.2) is 83.8 Å². The second-order valence-corrected chi connectivity index (χ2v) is 5.36. The molecule has 2 heterocycles. The third-order valence-corrected chi connectivity index (χ3v) is 3.88. The molecule has 4 aromatic rings. The third kappa shape index (κ3) is 2.42. The van der Waals surface area contributed by atoms with Gasteiger partial charge in [-0.05, 0) is 17.7 Å². The average Bonchev–Trinajstić information content (AvgIpc) is 2.63. The number of hydrogen-bond donors (Lipinski definition) is 1. The van der Waals surface area contributed by atoms with Crippen LogP contribution in [-0.2, 0) is 0 Å². The number of hydrogen-bond acceptors (Lipinski definition) is 2. The minimum atomic E-state index is -0.119. The maximum Gasteiger partial charge on any atom is 0.257 e. The average molecular weight is 298 g/mol. The number of pyridine rings is 2. The highest BCUT2D eigenvalue weighted by molar-refractivity contribution is 5.91. The van der Waals surface area contributed by atoms with Crippen LogP contribution in [0.5, 0.6) is 0 Å². The number of nitrogens with one attached hydrogen (secondary N) is 1. The van der Waals surface area contributed by atoms with E-state index >= 15 is 0 Å². The predicted molar refractivity (Wildman–Crippen MR) is 93.2 cm³/mol. The summed E-state index contributed by atoms with van der Waals surface area (Å²) in [6.07, 6.45) is 1.63. The molecule has 2 aromatic carbocycles. The summed E-state index contributed by atoms with van der Waals surface area (Å²) in [6.45, 7) is 0. The lowest BCUT2D eigenvalue weighted by atomic mass is 9.98. The summed E-state index contributed by atoms with van der Waals surface area (Å²) in [5.41, 5.74) is 4.51. The van der Waals surface area contributed by atoms with Gasteiger partial charge in [0.1, 0.15) is 0 Å². The monoisotopic (exact) mass is 298 g/mol. The van der Waals surface area contributed by atoms with Gasteiger partial charge in [0.25, 0.3) is 5.56 Å². The summed E-state index contributed by atoms with van der Waals surface area (Å²) in [5.74, 6) is 0. The molecule has 0 unspecified atom stereocenters. The lowest BCUT2D eigenvalue weighted by molar-refractivity contribution is 1.26. The first-order valence-electron chi connectivity index (χ1n) is 7.46. The first-order chi connectivity index (χ1) is 11.3. The van der Waals surface area contributed by atoms with E-state index in [0.717, 1.165) is 22.4 Å². The Hall–Kier alpha value is -3.20. The summed E-state index contributed by atoms with van der Waals surface area (Å²) < 4.78 is 0. The van der Waals surface area contributed by atoms with Crippen molar-refractivity contribution in [3.8, 4) is 22.4 Å². The maximum absolute atomic E-state index is 12.1. The van der Waals surface area contributed by atoms with Crippen LogP contribution in [0, 0.1) is 0 Å². The number of nitrogens with zero attached hydrogens (tertiary/aromatic N) is 1. The van der Waals surface area contributed by atoms with Crippen molar-refractivity contribution in [3.05, 3.63) is 89.3 Å². The van der Waals surface area contributed by atoms with Crippen molar-refractivity contribution in [1.29, 1.82) is 0 Å². The Morgan fingerprint density at radius 3 is 2.13 bits per heavy atom. The zero-order valence-corrected chi connectivity index (χ0v) is 12.4. The Labute approximate surface area is 133 Å². The third-order valence-electron chi connectivity index (χ3n) is 3.88. The largest absolute Gasteiger partial charge is 0.328 e. The normalized spacial score (nSPS) is 10.8. The van der Waals surface area contributed by atoms with Gasteiger partial charge in [0, 0.05) is 17.3 Å². The summed E-state index contributed by atoms with van der Waals surface area (Å²) in [6, 6.07) is 23.8. The SMILES string of the molecule is O=c1[nH]ccc2nc(-c3ccccc3)c(-c3ccccc3)cc12. The first kappa shape index (κ1) is 13.5. The van der Waals surface area contributed by atoms with E-state index in [4.69, 9.17) is 4.98 Å². The molecule has 3 nitrogen and oxygen atoms in total. The van der Waals surface area contributed by atoms with Gasteiger partial charge in [-0.1, -0.05) is 60.7 Å². The summed E-state index contributed by atoms with van der Waals surface area (Å²) in [5, 5.41) is 0.603. The fraction of sp³-hybridized carbons (Fsp3) is 0. The van der Waals surface area contributed by atoms with Crippen molar-refractivity contribution < 1.29 is 0 Å². The smallest absolute Gasteiger partial charge is 0.257 e. The second kappa shape index (κ2) is 5.54. The lowest BCUT2D eigenvalue weighted by Crippen LogP contribution is -2.06. The highest BCUT2D eigenvalue weighted by Crippen LogP contribution is 2.32. The van der Waals surface area contributed by atoms with E-state index in [1.54, 1.807) is 6.20 Å². The van der Waals surface area contributed by atoms with E-state index < -0.39 is 0 Å². The molecule has 0 fully saturated rings. The quantitative estimate of drug-likeness (QED) is 0.601. The minimum Gasteiger partial charge on any atom is -0.328 e. The van der Waals surface area contributed by atoms with Crippen molar-refractivity contribution in [2.45, 2.75) is 0 Å². The van der Waals surface area contributed by atoms with E-state index in [1.807, 2.05) is 72.8 Å². The van der Waals surface area contributed by atoms with Crippen LogP contribution in [0.2, 0.25) is 0 Å². The molecule has 2 aromatic heterocycles. The van der Waals surface area contributed by atoms with Gasteiger partial charge in [-0.15, -0.1) is 0 Å². The number of H-pyrrole nitrogens is 1. The molecule has 110 valence electrons. The number of aromatic nitrogens is 2. The molecule has 0 aliphatic heterocycles. The Morgan fingerprint density at radius 2 is 1.43 bits per heavy atom. The molecule has 0 aliphatic rings. The van der Waals surface area contributed by atoms with Gasteiger partial charge in [-0.2, -0.15) is 0 Å². The Bertz CT molecular complexity index is 1020. The van der Waals surface area contributed by atoms with E-state index in [1.165, 1.54) is 0 Å². The topological polar surface area (TPSA) is 45.8 Å². The number of aromatic amines is 1. The molecule has 0 saturated heterocycles. The first-order valence-corrected chi connectivity index (χ1v) is 7.46. The fourth-order valence-electron chi connectivity index (χ4n) is 2.76. The molecule has 0 aliphatic carbocycles. The number of benzene rings is 2. The van der Waals surface area contributed by atoms with Gasteiger partial charge in [-0.25, -0.2) is 4.98 Å². The van der Waals surface area contributed by atoms with Crippen LogP contribution in [0.4, 0.5) is 0 Å². The van der Waals surface area contributed by atoms with Crippen LogP contribution < -0.4 is 5.56 Å². The van der Waals surface area contributed by atoms with Gasteiger partial charge in [0.05, 0.1) is 16.6 Å². The molecular formula is C20H14N2O. The van der Waals surface area contributed by atoms with E-state index in [0.29, 0.717) is 10.9 Å². The van der Waals surface area contributed by atoms with Gasteiger partial charge in [0.15, 0.2) is 0 Å². The molecule has 0 bridgehead atoms. The Kier molecular flexibility index (Phi) is 3.24. The highest BCUT2D eigenvalue weighted by atomic mass is 16.1. The van der Waals surface area contributed by atoms with E-state index in [2.05, 4.69) is 4.98 Å². The molecule has 3 heteroatoms. The molecule has 23 heavy (non-hydrogen) atoms. The zero-order chi connectivity index (χ0) is 15.6. The van der Waals surface area contributed by atoms with Crippen molar-refractivity contribution in [2.24, 2.45) is 0 Å². The molecule has 1 N–H and O–H groups in total. The van der Waals surface area contributed by atoms with Crippen LogP contribution in [0.1, 0.15) is 0 Å². The van der Waals surface area contributed by atoms with E-state index in [9.17, 15) is 4.79 Å². The molecule has 0 radical (unpaired) electrons. The summed E-state index contributed by atoms with van der Waals surface area (Å²) in [7, 11) is 0. The highest BCUT2D eigenvalue weighted by Gasteiger charge is 2.12. The zero-order valence-electron chi connectivity index (χ0n) is 12.4. The van der Waals surface area contributed by atoms with Crippen molar-refractivity contribution in [1.82, 2.24) is 9.97 Å². The standard InChI is InChI=1S/C20H14N2O/c23-20-17-13-16(14-7-3-1-4-8-14)19(15-9-5-2-6-10-15)22-18(17)11-12-21-20/h1-13H,(H,21,23). The fourth-order valence-corrected chi connectivity index (χ4v) is 2.76. The van der Waals surface area contributed by atoms with Crippen molar-refractivity contribution in [2.75, 3.05) is 0 Å². The van der Waals surface area contributed by atoms with Crippen molar-refractivity contribution >= 4 is 10.9 Å². The molecule has 0 amide bonds. The predicted octanol–water partition coefficient (Wildman–Crippen LogP) is 4.26. The van der Waals surface area contributed by atoms with Gasteiger partial charge in [0.2, 0.25) is 0 Å². The van der Waals surface area contributed by atoms with Crippen LogP contribution in [-0.4, -0.2) is 9.97 Å². The second-order valence-electron chi connectivity index (χ2n) is 5.36. The van der Waals surface area contributed by atoms with Crippen LogP contribution in [0.3, 0.4) is 0 Å². The number of rotatable bonds is 2. The lowest BCUT2D eigenvalue weighted by Gasteiger charge is -2.11. The Morgan fingerprint density at radius 1 is 0.783 bits per heavy atom. The molecule has 0 atom stereocenters. The summed E-state index contributed by atoms with van der Waals surface area (Å²) >= 11 is 0. The van der Waals surface area contributed by atoms with E-state index in [-0.39, 0.29) is 5.56 Å². The maximum atomic E-state index is 12.1. The molecular weight excluding hydrogens is 284 g/mol. The van der Waals surface area contributed by atoms with Crippen molar-refractivity contribution in [3.63, 3.8) is 0 Å². The van der Waals surface area contributed by atoms with Gasteiger partial charge >= 0.3 is 0 Å². The summed E-state index contributed by atoms with van der Waals surface area (Å²) in [4.78, 5) is 19.6. The Balaban J connectivity index is 2.09. The number of fused-ring (bicyclic) bond motifs is 1. The molecule has 0 saturated carbocycles. The van der Waals surface area contributed by atoms with Gasteiger partial charge < -0.3 is 4.98 Å². The van der Waals surface area contributed by atoms with Gasteiger partial charge in [-0.3, -0.25) is 4.79 Å². The minimum absolute atomic E-state index is 0.119. The molecule has 4 rings (SSSR count).